The number of nitrogens with one attached hydrogen (secondary N) is 1. The highest BCUT2D eigenvalue weighted by Gasteiger charge is 2.23. The molecule has 0 bridgehead atoms. The second-order valence-corrected chi connectivity index (χ2v) is 10.6. The van der Waals surface area contributed by atoms with Gasteiger partial charge in [-0.2, -0.15) is 0 Å². The molecule has 0 aliphatic carbocycles. The van der Waals surface area contributed by atoms with Crippen molar-refractivity contribution < 1.29 is 9.59 Å². The molecule has 1 unspecified atom stereocenters. The van der Waals surface area contributed by atoms with E-state index in [-0.39, 0.29) is 23.8 Å². The van der Waals surface area contributed by atoms with Crippen LogP contribution in [0.3, 0.4) is 0 Å². The monoisotopic (exact) mass is 546 g/mol. The van der Waals surface area contributed by atoms with Crippen molar-refractivity contribution in [2.24, 2.45) is 16.6 Å². The third-order valence-electron chi connectivity index (χ3n) is 7.32. The second kappa shape index (κ2) is 12.3. The molecule has 1 aliphatic heterocycles. The van der Waals surface area contributed by atoms with Gasteiger partial charge < -0.3 is 21.7 Å². The molecule has 8 nitrogen and oxygen atoms in total. The number of carbonyl (C=O) groups excluding carboxylic acids is 2. The first kappa shape index (κ1) is 28.1. The van der Waals surface area contributed by atoms with Gasteiger partial charge in [0.25, 0.3) is 5.91 Å². The van der Waals surface area contributed by atoms with E-state index < -0.39 is 0 Å². The average Bonchev–Trinajstić information content (AvgIpc) is 3.35. The molecule has 4 rings (SSSR count). The summed E-state index contributed by atoms with van der Waals surface area (Å²) >= 11 is 6.47. The number of aromatic nitrogens is 1. The van der Waals surface area contributed by atoms with Gasteiger partial charge >= 0.3 is 0 Å². The molecular formula is C30H35ClN6O2. The lowest BCUT2D eigenvalue weighted by Crippen LogP contribution is -2.29. The summed E-state index contributed by atoms with van der Waals surface area (Å²) in [5.74, 6) is 0.812. The number of aliphatic imine (C=N–C) groups is 1. The minimum absolute atomic E-state index is 0.103. The summed E-state index contributed by atoms with van der Waals surface area (Å²) in [7, 11) is 0. The zero-order chi connectivity index (χ0) is 28.1. The van der Waals surface area contributed by atoms with Crippen molar-refractivity contribution in [3.05, 3.63) is 81.1 Å². The van der Waals surface area contributed by atoms with Crippen LogP contribution in [0.2, 0.25) is 5.02 Å². The SMILES string of the molecule is Cc1cc2c(N)nccc2c(C)c1CNC(=O)/C(C=NCc1ccc(CC(=O)N2CCC(C)C2)c(Cl)c1)=C/N. The number of fused-ring (bicyclic) bond motifs is 1. The molecule has 1 atom stereocenters. The van der Waals surface area contributed by atoms with Crippen molar-refractivity contribution in [1.82, 2.24) is 15.2 Å². The van der Waals surface area contributed by atoms with Gasteiger partial charge in [0, 0.05) is 48.7 Å². The van der Waals surface area contributed by atoms with Crippen molar-refractivity contribution >= 4 is 46.2 Å². The summed E-state index contributed by atoms with van der Waals surface area (Å²) in [4.78, 5) is 35.9. The molecule has 2 heterocycles. The van der Waals surface area contributed by atoms with Crippen LogP contribution in [0.1, 0.15) is 41.2 Å². The lowest BCUT2D eigenvalue weighted by atomic mass is 9.96. The van der Waals surface area contributed by atoms with Crippen molar-refractivity contribution in [2.45, 2.75) is 46.7 Å². The van der Waals surface area contributed by atoms with Gasteiger partial charge in [0.15, 0.2) is 0 Å². The van der Waals surface area contributed by atoms with Gasteiger partial charge in [-0.05, 0) is 77.6 Å². The van der Waals surface area contributed by atoms with Crippen LogP contribution in [0.5, 0.6) is 0 Å². The number of pyridine rings is 1. The Morgan fingerprint density at radius 2 is 2.03 bits per heavy atom. The maximum absolute atomic E-state index is 12.8. The fourth-order valence-electron chi connectivity index (χ4n) is 4.97. The van der Waals surface area contributed by atoms with Gasteiger partial charge in [-0.25, -0.2) is 4.98 Å². The number of rotatable bonds is 8. The second-order valence-electron chi connectivity index (χ2n) is 10.2. The number of likely N-dealkylation sites (tertiary alicyclic amines) is 1. The standard InChI is InChI=1S/C30H35ClN6O2/c1-18-7-9-37(17-18)28(38)12-22-5-4-21(11-27(22)31)14-34-15-23(13-32)30(39)36-16-26-19(2)10-25-24(20(26)3)6-8-35-29(25)33/h4-6,8,10-11,13,15,18H,7,9,12,14,16-17,32H2,1-3H3,(H2,33,35)(H,36,39)/b23-13+,34-15?. The van der Waals surface area contributed by atoms with Crippen molar-refractivity contribution in [3.8, 4) is 0 Å². The predicted octanol–water partition coefficient (Wildman–Crippen LogP) is 4.23. The Hall–Kier alpha value is -3.91. The molecule has 1 fully saturated rings. The molecule has 9 heteroatoms. The molecule has 1 aliphatic rings. The summed E-state index contributed by atoms with van der Waals surface area (Å²) in [5.41, 5.74) is 16.8. The summed E-state index contributed by atoms with van der Waals surface area (Å²) in [5, 5.41) is 5.38. The van der Waals surface area contributed by atoms with Crippen LogP contribution in [0.4, 0.5) is 5.82 Å². The van der Waals surface area contributed by atoms with Crippen LogP contribution in [0, 0.1) is 19.8 Å². The zero-order valence-corrected chi connectivity index (χ0v) is 23.4. The highest BCUT2D eigenvalue weighted by molar-refractivity contribution is 6.31. The van der Waals surface area contributed by atoms with Crippen LogP contribution < -0.4 is 16.8 Å². The highest BCUT2D eigenvalue weighted by Crippen LogP contribution is 2.28. The van der Waals surface area contributed by atoms with E-state index in [9.17, 15) is 9.59 Å². The number of aryl methyl sites for hydroxylation is 2. The largest absolute Gasteiger partial charge is 0.404 e. The smallest absolute Gasteiger partial charge is 0.254 e. The fraction of sp³-hybridized carbons (Fsp3) is 0.333. The minimum Gasteiger partial charge on any atom is -0.404 e. The van der Waals surface area contributed by atoms with Crippen LogP contribution >= 0.6 is 11.6 Å². The van der Waals surface area contributed by atoms with Gasteiger partial charge in [-0.3, -0.25) is 14.6 Å². The third-order valence-corrected chi connectivity index (χ3v) is 7.67. The average molecular weight is 547 g/mol. The molecule has 2 aromatic carbocycles. The Balaban J connectivity index is 1.35. The van der Waals surface area contributed by atoms with E-state index in [1.165, 1.54) is 12.4 Å². The van der Waals surface area contributed by atoms with Crippen molar-refractivity contribution in [2.75, 3.05) is 18.8 Å². The normalized spacial score (nSPS) is 15.8. The maximum Gasteiger partial charge on any atom is 0.254 e. The van der Waals surface area contributed by atoms with Crippen LogP contribution in [-0.4, -0.2) is 41.0 Å². The number of nitrogen functional groups attached to an aromatic ring is 1. The predicted molar refractivity (Wildman–Crippen MR) is 157 cm³/mol. The Kier molecular flexibility index (Phi) is 8.86. The summed E-state index contributed by atoms with van der Waals surface area (Å²) in [6, 6.07) is 9.50. The molecule has 0 saturated carbocycles. The number of benzene rings is 2. The number of nitrogens with zero attached hydrogens (tertiary/aromatic N) is 3. The maximum atomic E-state index is 12.8. The van der Waals surface area contributed by atoms with E-state index >= 15 is 0 Å². The van der Waals surface area contributed by atoms with Crippen LogP contribution in [0.15, 0.2) is 53.3 Å². The zero-order valence-electron chi connectivity index (χ0n) is 22.6. The number of hydrogen-bond donors (Lipinski definition) is 3. The van der Waals surface area contributed by atoms with Gasteiger partial charge in [-0.1, -0.05) is 30.7 Å². The van der Waals surface area contributed by atoms with Gasteiger partial charge in [0.05, 0.1) is 18.5 Å². The fourth-order valence-corrected chi connectivity index (χ4v) is 5.24. The molecule has 2 amide bonds. The third kappa shape index (κ3) is 6.57. The topological polar surface area (TPSA) is 127 Å². The van der Waals surface area contributed by atoms with Crippen LogP contribution in [0.25, 0.3) is 10.8 Å². The highest BCUT2D eigenvalue weighted by atomic mass is 35.5. The number of carbonyl (C=O) groups is 2. The number of nitrogens with two attached hydrogens (primary N) is 2. The van der Waals surface area contributed by atoms with Crippen molar-refractivity contribution in [1.29, 1.82) is 0 Å². The van der Waals surface area contributed by atoms with Crippen molar-refractivity contribution in [3.63, 3.8) is 0 Å². The first-order valence-corrected chi connectivity index (χ1v) is 13.4. The Bertz CT molecular complexity index is 1470. The molecule has 5 N–H and O–H groups in total. The Morgan fingerprint density at radius 1 is 1.23 bits per heavy atom. The molecule has 204 valence electrons. The van der Waals surface area contributed by atoms with E-state index in [1.54, 1.807) is 6.20 Å². The molecule has 0 radical (unpaired) electrons. The molecule has 1 aromatic heterocycles. The number of anilines is 1. The van der Waals surface area contributed by atoms with Gasteiger partial charge in [0.1, 0.15) is 5.82 Å². The Labute approximate surface area is 234 Å². The minimum atomic E-state index is -0.322. The quantitative estimate of drug-likeness (QED) is 0.288. The lowest BCUT2D eigenvalue weighted by Gasteiger charge is -2.16. The van der Waals surface area contributed by atoms with E-state index in [0.717, 1.165) is 58.1 Å². The number of amides is 2. The molecular weight excluding hydrogens is 512 g/mol. The summed E-state index contributed by atoms with van der Waals surface area (Å²) < 4.78 is 0. The van der Waals surface area contributed by atoms with E-state index in [0.29, 0.717) is 29.8 Å². The van der Waals surface area contributed by atoms with E-state index in [1.807, 2.05) is 49.1 Å². The molecule has 0 spiro atoms. The van der Waals surface area contributed by atoms with Gasteiger partial charge in [0.2, 0.25) is 5.91 Å². The molecule has 1 saturated heterocycles. The number of hydrogen-bond acceptors (Lipinski definition) is 6. The first-order valence-electron chi connectivity index (χ1n) is 13.1. The summed E-state index contributed by atoms with van der Waals surface area (Å²) in [6.45, 7) is 8.43. The molecule has 3 aromatic rings. The summed E-state index contributed by atoms with van der Waals surface area (Å²) in [6.07, 6.45) is 5.72. The lowest BCUT2D eigenvalue weighted by molar-refractivity contribution is -0.129. The molecule has 39 heavy (non-hydrogen) atoms. The van der Waals surface area contributed by atoms with E-state index in [4.69, 9.17) is 23.1 Å². The van der Waals surface area contributed by atoms with Crippen LogP contribution in [-0.2, 0) is 29.1 Å². The van der Waals surface area contributed by atoms with Gasteiger partial charge in [-0.15, -0.1) is 0 Å². The van der Waals surface area contributed by atoms with E-state index in [2.05, 4.69) is 22.2 Å². The Morgan fingerprint density at radius 3 is 2.72 bits per heavy atom. The first-order chi connectivity index (χ1) is 18.7. The number of halogens is 1.